The number of nitrogens with one attached hydrogen (secondary N) is 1. The van der Waals surface area contributed by atoms with Crippen LogP contribution in [0.1, 0.15) is 44.1 Å². The molecule has 0 atom stereocenters. The molecule has 0 unspecified atom stereocenters. The third kappa shape index (κ3) is 4.20. The minimum absolute atomic E-state index is 0.251. The van der Waals surface area contributed by atoms with Crippen molar-refractivity contribution in [3.63, 3.8) is 0 Å². The fraction of sp³-hybridized carbons (Fsp3) is 0.500. The molecule has 0 aliphatic heterocycles. The van der Waals surface area contributed by atoms with Crippen molar-refractivity contribution in [2.45, 2.75) is 50.3 Å². The molecule has 0 amide bonds. The lowest BCUT2D eigenvalue weighted by Crippen LogP contribution is -2.35. The molecule has 24 heavy (non-hydrogen) atoms. The Labute approximate surface area is 146 Å². The van der Waals surface area contributed by atoms with E-state index in [4.69, 9.17) is 12.8 Å². The van der Waals surface area contributed by atoms with Crippen molar-refractivity contribution in [3.8, 4) is 24.7 Å². The molecule has 1 N–H and O–H groups in total. The summed E-state index contributed by atoms with van der Waals surface area (Å²) in [4.78, 5) is 0.262. The van der Waals surface area contributed by atoms with E-state index < -0.39 is 15.4 Å². The van der Waals surface area contributed by atoms with Gasteiger partial charge in [0.1, 0.15) is 0 Å². The van der Waals surface area contributed by atoms with Gasteiger partial charge in [0.05, 0.1) is 10.3 Å². The normalized spacial score (nSPS) is 16.3. The summed E-state index contributed by atoms with van der Waals surface area (Å²) >= 11 is 0. The van der Waals surface area contributed by atoms with E-state index in [0.717, 1.165) is 31.2 Å². The number of sulfonamides is 1. The molecule has 0 radical (unpaired) electrons. The van der Waals surface area contributed by atoms with Gasteiger partial charge in [-0.25, -0.2) is 13.1 Å². The van der Waals surface area contributed by atoms with Crippen molar-refractivity contribution in [1.82, 2.24) is 4.72 Å². The predicted molar refractivity (Wildman–Crippen MR) is 97.7 cm³/mol. The van der Waals surface area contributed by atoms with Crippen LogP contribution in [-0.2, 0) is 10.0 Å². The zero-order valence-corrected chi connectivity index (χ0v) is 15.0. The van der Waals surface area contributed by atoms with Crippen molar-refractivity contribution in [3.05, 3.63) is 29.8 Å². The van der Waals surface area contributed by atoms with Gasteiger partial charge in [0.2, 0.25) is 10.0 Å². The van der Waals surface area contributed by atoms with E-state index >= 15 is 0 Å². The zero-order valence-electron chi connectivity index (χ0n) is 14.2. The molecule has 0 aromatic heterocycles. The predicted octanol–water partition coefficient (Wildman–Crippen LogP) is 3.50. The van der Waals surface area contributed by atoms with Gasteiger partial charge in [-0.15, -0.1) is 12.8 Å². The van der Waals surface area contributed by atoms with Crippen molar-refractivity contribution in [1.29, 1.82) is 0 Å². The standard InChI is InChI=1S/C20H25NO2S/c1-4-20(5-2,18-9-7-6-8-10-18)15-16-21-24(22,23)19-13-11-17(3)12-14-19/h1-2,11-14,18,21H,6-10,15-16H2,3H3. The van der Waals surface area contributed by atoms with Crippen LogP contribution in [0.15, 0.2) is 29.2 Å². The maximum Gasteiger partial charge on any atom is 0.240 e. The number of benzene rings is 1. The largest absolute Gasteiger partial charge is 0.240 e. The molecule has 2 rings (SSSR count). The van der Waals surface area contributed by atoms with Crippen LogP contribution in [0, 0.1) is 42.9 Å². The van der Waals surface area contributed by atoms with Crippen LogP contribution in [0.4, 0.5) is 0 Å². The Bertz CT molecular complexity index is 715. The summed E-state index contributed by atoms with van der Waals surface area (Å²) in [5.74, 6) is 5.88. The highest BCUT2D eigenvalue weighted by Crippen LogP contribution is 2.40. The molecule has 1 fully saturated rings. The second-order valence-electron chi connectivity index (χ2n) is 6.56. The van der Waals surface area contributed by atoms with Crippen molar-refractivity contribution in [2.24, 2.45) is 11.3 Å². The summed E-state index contributed by atoms with van der Waals surface area (Å²) in [5, 5.41) is 0. The Hall–Kier alpha value is -1.75. The van der Waals surface area contributed by atoms with E-state index in [-0.39, 0.29) is 17.4 Å². The third-order valence-corrected chi connectivity index (χ3v) is 6.44. The van der Waals surface area contributed by atoms with Crippen molar-refractivity contribution in [2.75, 3.05) is 6.54 Å². The molecule has 0 saturated heterocycles. The molecular formula is C20H25NO2S. The Morgan fingerprint density at radius 3 is 2.25 bits per heavy atom. The van der Waals surface area contributed by atoms with Crippen LogP contribution >= 0.6 is 0 Å². The van der Waals surface area contributed by atoms with Gasteiger partial charge < -0.3 is 0 Å². The van der Waals surface area contributed by atoms with Gasteiger partial charge in [0.25, 0.3) is 0 Å². The van der Waals surface area contributed by atoms with Gasteiger partial charge in [-0.2, -0.15) is 0 Å². The molecule has 0 heterocycles. The second kappa shape index (κ2) is 7.88. The van der Waals surface area contributed by atoms with Gasteiger partial charge in [-0.05, 0) is 44.2 Å². The number of hydrogen-bond acceptors (Lipinski definition) is 2. The zero-order chi connectivity index (χ0) is 17.6. The summed E-state index contributed by atoms with van der Waals surface area (Å²) < 4.78 is 27.4. The third-order valence-electron chi connectivity index (χ3n) is 4.96. The second-order valence-corrected chi connectivity index (χ2v) is 8.32. The molecule has 0 spiro atoms. The first-order chi connectivity index (χ1) is 11.4. The average molecular weight is 343 g/mol. The number of rotatable bonds is 6. The Morgan fingerprint density at radius 2 is 1.71 bits per heavy atom. The lowest BCUT2D eigenvalue weighted by atomic mass is 9.68. The molecule has 1 aromatic rings. The van der Waals surface area contributed by atoms with Crippen LogP contribution in [0.5, 0.6) is 0 Å². The highest BCUT2D eigenvalue weighted by Gasteiger charge is 2.36. The lowest BCUT2D eigenvalue weighted by molar-refractivity contribution is 0.228. The minimum Gasteiger partial charge on any atom is -0.211 e. The topological polar surface area (TPSA) is 46.2 Å². The Morgan fingerprint density at radius 1 is 1.12 bits per heavy atom. The summed E-state index contributed by atoms with van der Waals surface area (Å²) in [6.45, 7) is 2.17. The van der Waals surface area contributed by atoms with E-state index in [0.29, 0.717) is 6.42 Å². The first kappa shape index (κ1) is 18.6. The van der Waals surface area contributed by atoms with Crippen LogP contribution < -0.4 is 4.72 Å². The van der Waals surface area contributed by atoms with E-state index in [1.165, 1.54) is 6.42 Å². The molecule has 1 aliphatic rings. The van der Waals surface area contributed by atoms with Gasteiger partial charge in [0.15, 0.2) is 0 Å². The SMILES string of the molecule is C#CC(C#C)(CCNS(=O)(=O)c1ccc(C)cc1)C1CCCCC1. The molecular weight excluding hydrogens is 318 g/mol. The fourth-order valence-electron chi connectivity index (χ4n) is 3.40. The highest BCUT2D eigenvalue weighted by atomic mass is 32.2. The quantitative estimate of drug-likeness (QED) is 0.804. The first-order valence-corrected chi connectivity index (χ1v) is 9.94. The first-order valence-electron chi connectivity index (χ1n) is 8.45. The maximum absolute atomic E-state index is 12.4. The van der Waals surface area contributed by atoms with E-state index in [2.05, 4.69) is 16.6 Å². The van der Waals surface area contributed by atoms with Crippen LogP contribution in [0.25, 0.3) is 0 Å². The minimum atomic E-state index is -3.53. The Balaban J connectivity index is 2.04. The molecule has 1 aliphatic carbocycles. The van der Waals surface area contributed by atoms with Gasteiger partial charge in [-0.1, -0.05) is 48.8 Å². The highest BCUT2D eigenvalue weighted by molar-refractivity contribution is 7.89. The summed E-state index contributed by atoms with van der Waals surface area (Å²) in [7, 11) is -3.53. The van der Waals surface area contributed by atoms with E-state index in [1.807, 2.05) is 6.92 Å². The monoisotopic (exact) mass is 343 g/mol. The molecule has 128 valence electrons. The summed E-state index contributed by atoms with van der Waals surface area (Å²) in [6.07, 6.45) is 17.5. The number of aryl methyl sites for hydroxylation is 1. The molecule has 3 nitrogen and oxygen atoms in total. The smallest absolute Gasteiger partial charge is 0.211 e. The number of terminal acetylenes is 2. The van der Waals surface area contributed by atoms with Crippen LogP contribution in [-0.4, -0.2) is 15.0 Å². The van der Waals surface area contributed by atoms with Gasteiger partial charge in [-0.3, -0.25) is 0 Å². The summed E-state index contributed by atoms with van der Waals surface area (Å²) in [5.41, 5.74) is 0.362. The molecule has 0 bridgehead atoms. The van der Waals surface area contributed by atoms with Gasteiger partial charge >= 0.3 is 0 Å². The van der Waals surface area contributed by atoms with E-state index in [9.17, 15) is 8.42 Å². The molecule has 1 aromatic carbocycles. The Kier molecular flexibility index (Phi) is 6.10. The van der Waals surface area contributed by atoms with Crippen LogP contribution in [0.2, 0.25) is 0 Å². The molecule has 4 heteroatoms. The summed E-state index contributed by atoms with van der Waals surface area (Å²) in [6, 6.07) is 6.77. The number of hydrogen-bond donors (Lipinski definition) is 1. The average Bonchev–Trinajstić information content (AvgIpc) is 2.60. The van der Waals surface area contributed by atoms with Gasteiger partial charge in [0, 0.05) is 6.54 Å². The van der Waals surface area contributed by atoms with Crippen molar-refractivity contribution >= 4 is 10.0 Å². The van der Waals surface area contributed by atoms with Crippen LogP contribution in [0.3, 0.4) is 0 Å². The fourth-order valence-corrected chi connectivity index (χ4v) is 4.44. The lowest BCUT2D eigenvalue weighted by Gasteiger charge is -2.35. The van der Waals surface area contributed by atoms with Crippen molar-refractivity contribution < 1.29 is 8.42 Å². The van der Waals surface area contributed by atoms with E-state index in [1.54, 1.807) is 24.3 Å². The maximum atomic E-state index is 12.4. The molecule has 1 saturated carbocycles.